The Morgan fingerprint density at radius 3 is 3.00 bits per heavy atom. The van der Waals surface area contributed by atoms with E-state index in [-0.39, 0.29) is 23.0 Å². The number of hydrogen-bond donors (Lipinski definition) is 0. The molecule has 0 aliphatic heterocycles. The molecular weight excluding hydrogens is 176 g/mol. The summed E-state index contributed by atoms with van der Waals surface area (Å²) in [7, 11) is 0. The molecule has 0 aromatic rings. The van der Waals surface area contributed by atoms with Gasteiger partial charge < -0.3 is 0 Å². The highest BCUT2D eigenvalue weighted by Crippen LogP contribution is 2.60. The van der Waals surface area contributed by atoms with Crippen molar-refractivity contribution in [1.29, 1.82) is 0 Å². The average Bonchev–Trinajstić information content (AvgIpc) is 2.57. The molecule has 3 aliphatic carbocycles. The Morgan fingerprint density at radius 1 is 1.43 bits per heavy atom. The Bertz CT molecular complexity index is 367. The second-order valence-corrected chi connectivity index (χ2v) is 5.02. The summed E-state index contributed by atoms with van der Waals surface area (Å²) in [6.07, 6.45) is 5.25. The SMILES string of the molecule is CC1C(=O)C=C2C[C@@H]3C[C@@]21CCC3=O. The highest BCUT2D eigenvalue weighted by Gasteiger charge is 2.56. The van der Waals surface area contributed by atoms with Crippen molar-refractivity contribution in [2.24, 2.45) is 17.3 Å². The van der Waals surface area contributed by atoms with Crippen LogP contribution in [0.25, 0.3) is 0 Å². The molecule has 2 nitrogen and oxygen atoms in total. The van der Waals surface area contributed by atoms with Crippen LogP contribution in [-0.2, 0) is 9.59 Å². The van der Waals surface area contributed by atoms with E-state index in [4.69, 9.17) is 0 Å². The first-order valence-electron chi connectivity index (χ1n) is 5.41. The van der Waals surface area contributed by atoms with Gasteiger partial charge in [0.1, 0.15) is 5.78 Å². The third-order valence-corrected chi connectivity index (χ3v) is 4.56. The second kappa shape index (κ2) is 2.36. The van der Waals surface area contributed by atoms with Crippen molar-refractivity contribution in [2.75, 3.05) is 0 Å². The maximum absolute atomic E-state index is 11.6. The third kappa shape index (κ3) is 0.776. The largest absolute Gasteiger partial charge is 0.299 e. The lowest BCUT2D eigenvalue weighted by Gasteiger charge is -2.34. The van der Waals surface area contributed by atoms with Gasteiger partial charge in [-0.15, -0.1) is 0 Å². The predicted molar refractivity (Wildman–Crippen MR) is 51.7 cm³/mol. The number of carbonyl (C=O) groups is 2. The Labute approximate surface area is 83.4 Å². The molecule has 0 radical (unpaired) electrons. The van der Waals surface area contributed by atoms with Gasteiger partial charge in [-0.1, -0.05) is 12.5 Å². The lowest BCUT2D eigenvalue weighted by Crippen LogP contribution is -2.32. The normalized spacial score (nSPS) is 45.4. The number of hydrogen-bond acceptors (Lipinski definition) is 2. The fourth-order valence-electron chi connectivity index (χ4n) is 3.60. The molecule has 1 spiro atoms. The Balaban J connectivity index is 2.08. The number of carbonyl (C=O) groups excluding carboxylic acids is 2. The van der Waals surface area contributed by atoms with Crippen molar-refractivity contribution in [3.8, 4) is 0 Å². The summed E-state index contributed by atoms with van der Waals surface area (Å²) < 4.78 is 0. The Morgan fingerprint density at radius 2 is 2.21 bits per heavy atom. The first-order valence-corrected chi connectivity index (χ1v) is 5.41. The fourth-order valence-corrected chi connectivity index (χ4v) is 3.60. The lowest BCUT2D eigenvalue weighted by molar-refractivity contribution is -0.128. The highest BCUT2D eigenvalue weighted by molar-refractivity contribution is 5.98. The van der Waals surface area contributed by atoms with Gasteiger partial charge in [0, 0.05) is 23.7 Å². The van der Waals surface area contributed by atoms with Gasteiger partial charge >= 0.3 is 0 Å². The van der Waals surface area contributed by atoms with Crippen LogP contribution < -0.4 is 0 Å². The molecule has 3 aliphatic rings. The maximum atomic E-state index is 11.6. The molecule has 3 rings (SSSR count). The van der Waals surface area contributed by atoms with Gasteiger partial charge in [0.2, 0.25) is 0 Å². The molecule has 3 atom stereocenters. The van der Waals surface area contributed by atoms with Gasteiger partial charge in [-0.3, -0.25) is 9.59 Å². The number of fused-ring (bicyclic) bond motifs is 1. The van der Waals surface area contributed by atoms with Crippen molar-refractivity contribution in [2.45, 2.75) is 32.6 Å². The second-order valence-electron chi connectivity index (χ2n) is 5.02. The van der Waals surface area contributed by atoms with Gasteiger partial charge in [0.05, 0.1) is 0 Å². The van der Waals surface area contributed by atoms with Gasteiger partial charge in [-0.25, -0.2) is 0 Å². The minimum absolute atomic E-state index is 0.107. The smallest absolute Gasteiger partial charge is 0.159 e. The summed E-state index contributed by atoms with van der Waals surface area (Å²) in [5.74, 6) is 1.08. The van der Waals surface area contributed by atoms with Crippen LogP contribution >= 0.6 is 0 Å². The number of allylic oxidation sites excluding steroid dienone is 2. The molecule has 0 N–H and O–H groups in total. The fraction of sp³-hybridized carbons (Fsp3) is 0.667. The van der Waals surface area contributed by atoms with Crippen LogP contribution in [0, 0.1) is 17.3 Å². The van der Waals surface area contributed by atoms with Crippen molar-refractivity contribution in [1.82, 2.24) is 0 Å². The van der Waals surface area contributed by atoms with Crippen LogP contribution in [0.1, 0.15) is 32.6 Å². The Hall–Kier alpha value is -0.920. The summed E-state index contributed by atoms with van der Waals surface area (Å²) in [6, 6.07) is 0. The summed E-state index contributed by atoms with van der Waals surface area (Å²) >= 11 is 0. The van der Waals surface area contributed by atoms with Crippen molar-refractivity contribution < 1.29 is 9.59 Å². The van der Waals surface area contributed by atoms with E-state index in [2.05, 4.69) is 0 Å². The van der Waals surface area contributed by atoms with E-state index in [0.717, 1.165) is 19.3 Å². The number of Topliss-reactive ketones (excluding diaryl/α,β-unsaturated/α-hetero) is 1. The minimum Gasteiger partial charge on any atom is -0.299 e. The number of rotatable bonds is 0. The van der Waals surface area contributed by atoms with Crippen molar-refractivity contribution >= 4 is 11.6 Å². The quantitative estimate of drug-likeness (QED) is 0.584. The molecule has 74 valence electrons. The molecule has 0 aromatic carbocycles. The molecule has 2 fully saturated rings. The molecular formula is C12H14O2. The summed E-state index contributed by atoms with van der Waals surface area (Å²) in [4.78, 5) is 23.2. The zero-order chi connectivity index (χ0) is 9.92. The van der Waals surface area contributed by atoms with E-state index in [1.54, 1.807) is 0 Å². The van der Waals surface area contributed by atoms with Crippen LogP contribution in [-0.4, -0.2) is 11.6 Å². The van der Waals surface area contributed by atoms with E-state index in [9.17, 15) is 9.59 Å². The molecule has 0 heterocycles. The van der Waals surface area contributed by atoms with E-state index in [1.165, 1.54) is 5.57 Å². The molecule has 0 amide bonds. The predicted octanol–water partition coefficient (Wildman–Crippen LogP) is 1.89. The number of ketones is 2. The topological polar surface area (TPSA) is 34.1 Å². The molecule has 2 bridgehead atoms. The molecule has 2 heteroatoms. The van der Waals surface area contributed by atoms with Gasteiger partial charge in [-0.2, -0.15) is 0 Å². The van der Waals surface area contributed by atoms with Gasteiger partial charge in [0.15, 0.2) is 5.78 Å². The maximum Gasteiger partial charge on any atom is 0.159 e. The Kier molecular flexibility index (Phi) is 1.41. The molecule has 0 aromatic heterocycles. The molecule has 1 unspecified atom stereocenters. The monoisotopic (exact) mass is 190 g/mol. The van der Waals surface area contributed by atoms with Gasteiger partial charge in [-0.05, 0) is 25.3 Å². The summed E-state index contributed by atoms with van der Waals surface area (Å²) in [5.41, 5.74) is 1.39. The minimum atomic E-state index is 0.107. The zero-order valence-corrected chi connectivity index (χ0v) is 8.38. The van der Waals surface area contributed by atoms with E-state index >= 15 is 0 Å². The van der Waals surface area contributed by atoms with Crippen molar-refractivity contribution in [3.05, 3.63) is 11.6 Å². The van der Waals surface area contributed by atoms with Gasteiger partial charge in [0.25, 0.3) is 0 Å². The summed E-state index contributed by atoms with van der Waals surface area (Å²) in [6.45, 7) is 2.03. The van der Waals surface area contributed by atoms with Crippen LogP contribution in [0.2, 0.25) is 0 Å². The molecule has 2 saturated carbocycles. The third-order valence-electron chi connectivity index (χ3n) is 4.56. The molecule has 14 heavy (non-hydrogen) atoms. The van der Waals surface area contributed by atoms with Crippen molar-refractivity contribution in [3.63, 3.8) is 0 Å². The van der Waals surface area contributed by atoms with E-state index < -0.39 is 0 Å². The first kappa shape index (κ1) is 8.39. The summed E-state index contributed by atoms with van der Waals surface area (Å²) in [5, 5.41) is 0. The lowest BCUT2D eigenvalue weighted by atomic mass is 9.68. The first-order chi connectivity index (χ1) is 6.63. The van der Waals surface area contributed by atoms with Crippen LogP contribution in [0.3, 0.4) is 0 Å². The van der Waals surface area contributed by atoms with E-state index in [1.807, 2.05) is 13.0 Å². The van der Waals surface area contributed by atoms with Crippen LogP contribution in [0.15, 0.2) is 11.6 Å². The average molecular weight is 190 g/mol. The van der Waals surface area contributed by atoms with Crippen LogP contribution in [0.4, 0.5) is 0 Å². The van der Waals surface area contributed by atoms with Crippen LogP contribution in [0.5, 0.6) is 0 Å². The zero-order valence-electron chi connectivity index (χ0n) is 8.38. The highest BCUT2D eigenvalue weighted by atomic mass is 16.1. The van der Waals surface area contributed by atoms with E-state index in [0.29, 0.717) is 12.2 Å². The standard InChI is InChI=1S/C12H14O2/c1-7-11(14)5-9-4-8-6-12(7,9)3-2-10(8)13/h5,7-8H,2-4,6H2,1H3/t7?,8-,12-/m1/s1. The molecule has 0 saturated heterocycles.